The van der Waals surface area contributed by atoms with Crippen molar-refractivity contribution in [1.82, 2.24) is 10.0 Å². The smallest absolute Gasteiger partial charge is 0.251 e. The number of amides is 1. The Morgan fingerprint density at radius 2 is 1.80 bits per heavy atom. The summed E-state index contributed by atoms with van der Waals surface area (Å²) in [6.45, 7) is 3.82. The van der Waals surface area contributed by atoms with Crippen LogP contribution in [0.2, 0.25) is 0 Å². The fourth-order valence-corrected chi connectivity index (χ4v) is 3.51. The van der Waals surface area contributed by atoms with Gasteiger partial charge in [-0.3, -0.25) is 4.79 Å². The second-order valence-corrected chi connectivity index (χ2v) is 7.55. The van der Waals surface area contributed by atoms with Crippen LogP contribution in [0.5, 0.6) is 5.75 Å². The summed E-state index contributed by atoms with van der Waals surface area (Å²) in [4.78, 5) is 12.4. The van der Waals surface area contributed by atoms with E-state index in [0.29, 0.717) is 12.1 Å². The van der Waals surface area contributed by atoms with Crippen LogP contribution in [0.1, 0.15) is 29.8 Å². The first-order valence-corrected chi connectivity index (χ1v) is 9.33. The molecule has 0 unspecified atom stereocenters. The van der Waals surface area contributed by atoms with Gasteiger partial charge in [0.15, 0.2) is 0 Å². The van der Waals surface area contributed by atoms with E-state index in [1.165, 1.54) is 12.1 Å². The summed E-state index contributed by atoms with van der Waals surface area (Å²) in [7, 11) is -2.05. The molecule has 7 heteroatoms. The summed E-state index contributed by atoms with van der Waals surface area (Å²) in [5, 5.41) is 2.78. The predicted molar refractivity (Wildman–Crippen MR) is 96.1 cm³/mol. The third kappa shape index (κ3) is 5.30. The first-order chi connectivity index (χ1) is 11.8. The molecule has 0 bridgehead atoms. The largest absolute Gasteiger partial charge is 0.497 e. The SMILES string of the molecule is COc1ccc(CNC(=O)c2cccc(S(=O)(=O)NC(C)C)c2)cc1. The molecule has 2 rings (SSSR count). The van der Waals surface area contributed by atoms with Gasteiger partial charge in [0.2, 0.25) is 10.0 Å². The van der Waals surface area contributed by atoms with Gasteiger partial charge in [-0.1, -0.05) is 18.2 Å². The van der Waals surface area contributed by atoms with Gasteiger partial charge < -0.3 is 10.1 Å². The van der Waals surface area contributed by atoms with Crippen LogP contribution in [0.15, 0.2) is 53.4 Å². The number of rotatable bonds is 7. The lowest BCUT2D eigenvalue weighted by Crippen LogP contribution is -2.30. The summed E-state index contributed by atoms with van der Waals surface area (Å²) in [6, 6.07) is 13.1. The molecule has 1 amide bonds. The number of benzene rings is 2. The zero-order chi connectivity index (χ0) is 18.4. The van der Waals surface area contributed by atoms with Crippen LogP contribution in [0, 0.1) is 0 Å². The molecule has 0 aromatic heterocycles. The molecule has 0 aliphatic rings. The molecule has 2 N–H and O–H groups in total. The highest BCUT2D eigenvalue weighted by Gasteiger charge is 2.17. The number of methoxy groups -OCH3 is 1. The predicted octanol–water partition coefficient (Wildman–Crippen LogP) is 2.31. The fourth-order valence-electron chi connectivity index (χ4n) is 2.21. The van der Waals surface area contributed by atoms with Gasteiger partial charge in [0.25, 0.3) is 5.91 Å². The fraction of sp³-hybridized carbons (Fsp3) is 0.278. The monoisotopic (exact) mass is 362 g/mol. The molecule has 2 aromatic rings. The van der Waals surface area contributed by atoms with Crippen molar-refractivity contribution in [2.75, 3.05) is 7.11 Å². The van der Waals surface area contributed by atoms with Gasteiger partial charge in [-0.05, 0) is 49.7 Å². The summed E-state index contributed by atoms with van der Waals surface area (Å²) in [5.41, 5.74) is 1.21. The summed E-state index contributed by atoms with van der Waals surface area (Å²) in [5.74, 6) is 0.406. The molecule has 0 aliphatic carbocycles. The Labute approximate surface area is 148 Å². The van der Waals surface area contributed by atoms with E-state index in [2.05, 4.69) is 10.0 Å². The minimum absolute atomic E-state index is 0.0679. The molecular weight excluding hydrogens is 340 g/mol. The second kappa shape index (κ2) is 8.13. The maximum Gasteiger partial charge on any atom is 0.251 e. The van der Waals surface area contributed by atoms with E-state index in [9.17, 15) is 13.2 Å². The Bertz CT molecular complexity index is 830. The van der Waals surface area contributed by atoms with Crippen molar-refractivity contribution in [3.8, 4) is 5.75 Å². The van der Waals surface area contributed by atoms with Gasteiger partial charge in [0.05, 0.1) is 12.0 Å². The van der Waals surface area contributed by atoms with Crippen molar-refractivity contribution in [1.29, 1.82) is 0 Å². The topological polar surface area (TPSA) is 84.5 Å². The summed E-state index contributed by atoms with van der Waals surface area (Å²) >= 11 is 0. The zero-order valence-corrected chi connectivity index (χ0v) is 15.3. The third-order valence-corrected chi connectivity index (χ3v) is 5.07. The highest BCUT2D eigenvalue weighted by molar-refractivity contribution is 7.89. The standard InChI is InChI=1S/C18H22N2O4S/c1-13(2)20-25(22,23)17-6-4-5-15(11-17)18(21)19-12-14-7-9-16(24-3)10-8-14/h4-11,13,20H,12H2,1-3H3,(H,19,21). The van der Waals surface area contributed by atoms with Gasteiger partial charge >= 0.3 is 0 Å². The lowest BCUT2D eigenvalue weighted by molar-refractivity contribution is 0.0950. The third-order valence-electron chi connectivity index (χ3n) is 3.41. The Morgan fingerprint density at radius 3 is 2.40 bits per heavy atom. The van der Waals surface area contributed by atoms with Crippen LogP contribution in [-0.2, 0) is 16.6 Å². The van der Waals surface area contributed by atoms with E-state index >= 15 is 0 Å². The van der Waals surface area contributed by atoms with Crippen molar-refractivity contribution in [2.24, 2.45) is 0 Å². The average molecular weight is 362 g/mol. The van der Waals surface area contributed by atoms with Gasteiger partial charge in [-0.15, -0.1) is 0 Å². The van der Waals surface area contributed by atoms with E-state index in [1.807, 2.05) is 24.3 Å². The van der Waals surface area contributed by atoms with E-state index in [4.69, 9.17) is 4.74 Å². The van der Waals surface area contributed by atoms with Crippen LogP contribution in [0.4, 0.5) is 0 Å². The Hall–Kier alpha value is -2.38. The Kier molecular flexibility index (Phi) is 6.17. The molecule has 2 aromatic carbocycles. The molecule has 0 saturated heterocycles. The number of nitrogens with one attached hydrogen (secondary N) is 2. The number of hydrogen-bond acceptors (Lipinski definition) is 4. The molecule has 0 aliphatic heterocycles. The van der Waals surface area contributed by atoms with Gasteiger partial charge in [0, 0.05) is 18.2 Å². The van der Waals surface area contributed by atoms with E-state index in [1.54, 1.807) is 33.1 Å². The molecule has 0 atom stereocenters. The van der Waals surface area contributed by atoms with Crippen LogP contribution in [0.25, 0.3) is 0 Å². The number of carbonyl (C=O) groups excluding carboxylic acids is 1. The minimum atomic E-state index is -3.63. The lowest BCUT2D eigenvalue weighted by Gasteiger charge is -2.11. The molecule has 0 spiro atoms. The van der Waals surface area contributed by atoms with Crippen molar-refractivity contribution in [2.45, 2.75) is 31.3 Å². The highest BCUT2D eigenvalue weighted by atomic mass is 32.2. The first kappa shape index (κ1) is 19.0. The van der Waals surface area contributed by atoms with Gasteiger partial charge in [0.1, 0.15) is 5.75 Å². The number of ether oxygens (including phenoxy) is 1. The molecule has 6 nitrogen and oxygen atoms in total. The van der Waals surface area contributed by atoms with Gasteiger partial charge in [-0.25, -0.2) is 13.1 Å². The molecule has 0 fully saturated rings. The molecular formula is C18H22N2O4S. The number of hydrogen-bond donors (Lipinski definition) is 2. The van der Waals surface area contributed by atoms with E-state index in [-0.39, 0.29) is 16.8 Å². The molecule has 134 valence electrons. The quantitative estimate of drug-likeness (QED) is 0.792. The van der Waals surface area contributed by atoms with Crippen molar-refractivity contribution in [3.05, 3.63) is 59.7 Å². The van der Waals surface area contributed by atoms with Gasteiger partial charge in [-0.2, -0.15) is 0 Å². The summed E-state index contributed by atoms with van der Waals surface area (Å²) in [6.07, 6.45) is 0. The van der Waals surface area contributed by atoms with Crippen LogP contribution < -0.4 is 14.8 Å². The molecule has 25 heavy (non-hydrogen) atoms. The Morgan fingerprint density at radius 1 is 1.12 bits per heavy atom. The van der Waals surface area contributed by atoms with Crippen LogP contribution >= 0.6 is 0 Å². The number of sulfonamides is 1. The Balaban J connectivity index is 2.07. The lowest BCUT2D eigenvalue weighted by atomic mass is 10.2. The summed E-state index contributed by atoms with van der Waals surface area (Å²) < 4.78 is 32.0. The maximum atomic E-state index is 12.3. The molecule has 0 radical (unpaired) electrons. The maximum absolute atomic E-state index is 12.3. The van der Waals surface area contributed by atoms with E-state index < -0.39 is 10.0 Å². The highest BCUT2D eigenvalue weighted by Crippen LogP contribution is 2.13. The average Bonchev–Trinajstić information content (AvgIpc) is 2.59. The second-order valence-electron chi connectivity index (χ2n) is 5.83. The zero-order valence-electron chi connectivity index (χ0n) is 14.4. The van der Waals surface area contributed by atoms with E-state index in [0.717, 1.165) is 11.3 Å². The normalized spacial score (nSPS) is 11.4. The van der Waals surface area contributed by atoms with Crippen molar-refractivity contribution >= 4 is 15.9 Å². The van der Waals surface area contributed by atoms with Crippen LogP contribution in [0.3, 0.4) is 0 Å². The van der Waals surface area contributed by atoms with Crippen molar-refractivity contribution in [3.63, 3.8) is 0 Å². The van der Waals surface area contributed by atoms with Crippen molar-refractivity contribution < 1.29 is 17.9 Å². The first-order valence-electron chi connectivity index (χ1n) is 7.85. The minimum Gasteiger partial charge on any atom is -0.497 e. The molecule has 0 saturated carbocycles. The molecule has 0 heterocycles. The van der Waals surface area contributed by atoms with Crippen LogP contribution in [-0.4, -0.2) is 27.5 Å². The number of carbonyl (C=O) groups is 1.